The van der Waals surface area contributed by atoms with Crippen LogP contribution in [-0.2, 0) is 13.0 Å². The molecule has 5 rings (SSSR count). The summed E-state index contributed by atoms with van der Waals surface area (Å²) in [6, 6.07) is 9.67. The van der Waals surface area contributed by atoms with Gasteiger partial charge in [0.2, 0.25) is 6.79 Å². The predicted octanol–water partition coefficient (Wildman–Crippen LogP) is 4.53. The fourth-order valence-electron chi connectivity index (χ4n) is 4.11. The second kappa shape index (κ2) is 7.03. The number of nitrogens with zero attached hydrogens (tertiary/aromatic N) is 1. The molecule has 6 nitrogen and oxygen atoms in total. The fourth-order valence-corrected chi connectivity index (χ4v) is 4.11. The van der Waals surface area contributed by atoms with Crippen molar-refractivity contribution in [3.8, 4) is 17.2 Å². The van der Waals surface area contributed by atoms with Crippen molar-refractivity contribution in [2.24, 2.45) is 0 Å². The first-order chi connectivity index (χ1) is 14.1. The Hall–Kier alpha value is -3.15. The van der Waals surface area contributed by atoms with Gasteiger partial charge in [-0.3, -0.25) is 0 Å². The molecule has 0 amide bonds. The average Bonchev–Trinajstić information content (AvgIpc) is 3.20. The quantitative estimate of drug-likeness (QED) is 0.607. The summed E-state index contributed by atoms with van der Waals surface area (Å²) in [5.41, 5.74) is 4.37. The van der Waals surface area contributed by atoms with E-state index in [1.807, 2.05) is 25.1 Å². The molecule has 2 aliphatic rings. The number of benzene rings is 2. The number of rotatable bonds is 4. The van der Waals surface area contributed by atoms with Gasteiger partial charge in [-0.2, -0.15) is 0 Å². The summed E-state index contributed by atoms with van der Waals surface area (Å²) in [6.45, 7) is 5.49. The second-order valence-electron chi connectivity index (χ2n) is 7.57. The topological polar surface area (TPSA) is 61.1 Å². The van der Waals surface area contributed by atoms with Gasteiger partial charge >= 0.3 is 5.63 Å². The van der Waals surface area contributed by atoms with Gasteiger partial charge in [0.15, 0.2) is 18.2 Å². The van der Waals surface area contributed by atoms with Crippen LogP contribution in [0.2, 0.25) is 0 Å². The maximum absolute atomic E-state index is 12.1. The van der Waals surface area contributed by atoms with Crippen LogP contribution in [0.1, 0.15) is 36.5 Å². The number of anilines is 1. The van der Waals surface area contributed by atoms with E-state index in [0.717, 1.165) is 64.3 Å². The van der Waals surface area contributed by atoms with Gasteiger partial charge in [-0.15, -0.1) is 0 Å². The van der Waals surface area contributed by atoms with Crippen LogP contribution in [-0.4, -0.2) is 13.5 Å². The van der Waals surface area contributed by atoms with Crippen molar-refractivity contribution in [1.82, 2.24) is 0 Å². The van der Waals surface area contributed by atoms with Crippen LogP contribution < -0.4 is 24.7 Å². The molecule has 3 aromatic rings. The normalized spacial score (nSPS) is 14.8. The van der Waals surface area contributed by atoms with E-state index in [0.29, 0.717) is 18.9 Å². The number of hydrogen-bond acceptors (Lipinski definition) is 6. The highest BCUT2D eigenvalue weighted by molar-refractivity contribution is 5.86. The molecule has 0 radical (unpaired) electrons. The van der Waals surface area contributed by atoms with E-state index in [-0.39, 0.29) is 12.4 Å². The number of ether oxygens (including phenoxy) is 3. The van der Waals surface area contributed by atoms with E-state index >= 15 is 0 Å². The summed E-state index contributed by atoms with van der Waals surface area (Å²) in [6.07, 6.45) is 2.98. The largest absolute Gasteiger partial charge is 0.472 e. The third-order valence-corrected chi connectivity index (χ3v) is 5.62. The third-order valence-electron chi connectivity index (χ3n) is 5.62. The first kappa shape index (κ1) is 17.9. The molecule has 0 aliphatic carbocycles. The molecule has 1 aromatic heterocycles. The van der Waals surface area contributed by atoms with Gasteiger partial charge in [-0.1, -0.05) is 13.3 Å². The number of fused-ring (bicyclic) bond motifs is 3. The van der Waals surface area contributed by atoms with E-state index < -0.39 is 0 Å². The van der Waals surface area contributed by atoms with Crippen LogP contribution in [0.15, 0.2) is 39.5 Å². The standard InChI is InChI=1S/C23H23NO5/c1-3-4-5-15-9-21(25)29-23-14(2)22-16(8-18(15)23)11-24(12-26-22)17-6-7-19-20(10-17)28-13-27-19/h6-10H,3-5,11-13H2,1-2H3. The van der Waals surface area contributed by atoms with E-state index in [4.69, 9.17) is 18.6 Å². The van der Waals surface area contributed by atoms with Gasteiger partial charge in [-0.25, -0.2) is 4.79 Å². The van der Waals surface area contributed by atoms with Crippen molar-refractivity contribution in [3.05, 3.63) is 57.4 Å². The maximum atomic E-state index is 12.1. The minimum atomic E-state index is -0.301. The van der Waals surface area contributed by atoms with Crippen molar-refractivity contribution >= 4 is 16.7 Å². The zero-order valence-electron chi connectivity index (χ0n) is 16.6. The molecular formula is C23H23NO5. The molecule has 0 N–H and O–H groups in total. The summed E-state index contributed by atoms with van der Waals surface area (Å²) in [7, 11) is 0. The lowest BCUT2D eigenvalue weighted by molar-refractivity contribution is 0.174. The SMILES string of the molecule is CCCCc1cc(=O)oc2c(C)c3c(cc12)CN(c1ccc2c(c1)OCO2)CO3. The van der Waals surface area contributed by atoms with Crippen LogP contribution in [0, 0.1) is 6.92 Å². The van der Waals surface area contributed by atoms with Gasteiger partial charge in [0.25, 0.3) is 0 Å². The lowest BCUT2D eigenvalue weighted by atomic mass is 9.98. The van der Waals surface area contributed by atoms with E-state index in [2.05, 4.69) is 17.9 Å². The van der Waals surface area contributed by atoms with Crippen LogP contribution in [0.25, 0.3) is 11.0 Å². The average molecular weight is 393 g/mol. The Balaban J connectivity index is 1.55. The van der Waals surface area contributed by atoms with Crippen LogP contribution in [0.4, 0.5) is 5.69 Å². The van der Waals surface area contributed by atoms with Crippen molar-refractivity contribution in [1.29, 1.82) is 0 Å². The van der Waals surface area contributed by atoms with Gasteiger partial charge in [0.1, 0.15) is 11.3 Å². The first-order valence-electron chi connectivity index (χ1n) is 10.0. The highest BCUT2D eigenvalue weighted by Crippen LogP contribution is 2.40. The molecule has 0 fully saturated rings. The molecular weight excluding hydrogens is 370 g/mol. The Bertz CT molecular complexity index is 1150. The number of unbranched alkanes of at least 4 members (excludes halogenated alkanes) is 1. The Kier molecular flexibility index (Phi) is 4.34. The van der Waals surface area contributed by atoms with Crippen molar-refractivity contribution < 1.29 is 18.6 Å². The lowest BCUT2D eigenvalue weighted by Crippen LogP contribution is -2.32. The highest BCUT2D eigenvalue weighted by Gasteiger charge is 2.24. The number of aryl methyl sites for hydroxylation is 2. The molecule has 3 heterocycles. The highest BCUT2D eigenvalue weighted by atomic mass is 16.7. The molecule has 0 unspecified atom stereocenters. The summed E-state index contributed by atoms with van der Waals surface area (Å²) in [5.74, 6) is 2.33. The fraction of sp³-hybridized carbons (Fsp3) is 0.348. The molecule has 2 aliphatic heterocycles. The van der Waals surface area contributed by atoms with Crippen LogP contribution in [0.5, 0.6) is 17.2 Å². The Morgan fingerprint density at radius 1 is 1.07 bits per heavy atom. The molecule has 2 aromatic carbocycles. The molecule has 0 bridgehead atoms. The van der Waals surface area contributed by atoms with Crippen LogP contribution >= 0.6 is 0 Å². The van der Waals surface area contributed by atoms with Gasteiger partial charge in [0, 0.05) is 40.9 Å². The Morgan fingerprint density at radius 3 is 2.79 bits per heavy atom. The molecule has 0 saturated heterocycles. The lowest BCUT2D eigenvalue weighted by Gasteiger charge is -2.32. The second-order valence-corrected chi connectivity index (χ2v) is 7.57. The zero-order chi connectivity index (χ0) is 20.0. The summed E-state index contributed by atoms with van der Waals surface area (Å²) in [5, 5.41) is 1.01. The van der Waals surface area contributed by atoms with E-state index in [1.54, 1.807) is 6.07 Å². The Labute approximate surface area is 168 Å². The summed E-state index contributed by atoms with van der Waals surface area (Å²) >= 11 is 0. The molecule has 29 heavy (non-hydrogen) atoms. The predicted molar refractivity (Wildman–Crippen MR) is 110 cm³/mol. The van der Waals surface area contributed by atoms with Crippen molar-refractivity contribution in [2.45, 2.75) is 39.7 Å². The molecule has 0 spiro atoms. The monoisotopic (exact) mass is 393 g/mol. The van der Waals surface area contributed by atoms with E-state index in [9.17, 15) is 4.79 Å². The smallest absolute Gasteiger partial charge is 0.336 e. The summed E-state index contributed by atoms with van der Waals surface area (Å²) in [4.78, 5) is 14.2. The zero-order valence-corrected chi connectivity index (χ0v) is 16.6. The number of hydrogen-bond donors (Lipinski definition) is 0. The molecule has 0 atom stereocenters. The van der Waals surface area contributed by atoms with Gasteiger partial charge in [0.05, 0.1) is 0 Å². The third kappa shape index (κ3) is 3.09. The molecule has 0 saturated carbocycles. The summed E-state index contributed by atoms with van der Waals surface area (Å²) < 4.78 is 22.6. The Morgan fingerprint density at radius 2 is 1.93 bits per heavy atom. The van der Waals surface area contributed by atoms with Crippen molar-refractivity contribution in [3.63, 3.8) is 0 Å². The maximum Gasteiger partial charge on any atom is 0.336 e. The van der Waals surface area contributed by atoms with Gasteiger partial charge in [-0.05, 0) is 43.5 Å². The van der Waals surface area contributed by atoms with E-state index in [1.165, 1.54) is 0 Å². The van der Waals surface area contributed by atoms with Gasteiger partial charge < -0.3 is 23.5 Å². The minimum Gasteiger partial charge on any atom is -0.472 e. The minimum absolute atomic E-state index is 0.259. The molecule has 6 heteroatoms. The van der Waals surface area contributed by atoms with Crippen LogP contribution in [0.3, 0.4) is 0 Å². The van der Waals surface area contributed by atoms with Crippen molar-refractivity contribution in [2.75, 3.05) is 18.4 Å². The first-order valence-corrected chi connectivity index (χ1v) is 10.0. The molecule has 150 valence electrons.